The second-order valence-electron chi connectivity index (χ2n) is 5.27. The molecule has 0 unspecified atom stereocenters. The predicted octanol–water partition coefficient (Wildman–Crippen LogP) is 1.45. The summed E-state index contributed by atoms with van der Waals surface area (Å²) in [6.07, 6.45) is -0.653. The third-order valence-corrected chi connectivity index (χ3v) is 2.48. The van der Waals surface area contributed by atoms with Gasteiger partial charge in [-0.25, -0.2) is 0 Å². The van der Waals surface area contributed by atoms with Crippen molar-refractivity contribution < 1.29 is 20.5 Å². The number of nitrogens with one attached hydrogen (secondary N) is 1. The lowest BCUT2D eigenvalue weighted by Gasteiger charge is -2.23. The normalized spacial score (nSPS) is 12.2. The highest BCUT2D eigenvalue weighted by Crippen LogP contribution is 2.22. The molecule has 1 aromatic rings. The second kappa shape index (κ2) is 8.47. The summed E-state index contributed by atoms with van der Waals surface area (Å²) in [6.45, 7) is 6.26. The average Bonchev–Trinajstić information content (AvgIpc) is 2.36. The number of nitrogens with zero attached hydrogens (tertiary/aromatic N) is 1. The molecule has 20 heavy (non-hydrogen) atoms. The van der Waals surface area contributed by atoms with Crippen molar-refractivity contribution >= 4 is 0 Å². The molecule has 0 aliphatic carbocycles. The third-order valence-electron chi connectivity index (χ3n) is 2.48. The molecule has 5 N–H and O–H groups in total. The molecule has 1 atom stereocenters. The van der Waals surface area contributed by atoms with E-state index in [0.717, 1.165) is 0 Å². The van der Waals surface area contributed by atoms with Crippen LogP contribution in [0, 0.1) is 4.91 Å². The Kier molecular flexibility index (Phi) is 7.75. The summed E-state index contributed by atoms with van der Waals surface area (Å²) in [6, 6.07) is 4.76. The van der Waals surface area contributed by atoms with Crippen LogP contribution in [0.15, 0.2) is 23.5 Å². The van der Waals surface area contributed by atoms with Crippen molar-refractivity contribution in [2.24, 2.45) is 5.34 Å². The van der Waals surface area contributed by atoms with E-state index in [2.05, 4.69) is 5.32 Å². The van der Waals surface area contributed by atoms with E-state index < -0.39 is 6.10 Å². The molecule has 0 fully saturated rings. The first-order chi connectivity index (χ1) is 9.25. The highest BCUT2D eigenvalue weighted by atomic mass is 16.6. The Balaban J connectivity index is 0.00000110. The summed E-state index contributed by atoms with van der Waals surface area (Å²) >= 11 is 0. The van der Waals surface area contributed by atoms with Crippen LogP contribution in [-0.4, -0.2) is 32.6 Å². The zero-order valence-corrected chi connectivity index (χ0v) is 11.9. The van der Waals surface area contributed by atoms with E-state index in [9.17, 15) is 10.2 Å². The Morgan fingerprint density at radius 3 is 2.35 bits per heavy atom. The minimum absolute atomic E-state index is 0.0484. The van der Waals surface area contributed by atoms with E-state index in [1.165, 1.54) is 11.4 Å². The van der Waals surface area contributed by atoms with E-state index in [4.69, 9.17) is 15.2 Å². The first-order valence-corrected chi connectivity index (χ1v) is 6.07. The highest BCUT2D eigenvalue weighted by molar-refractivity contribution is 5.36. The van der Waals surface area contributed by atoms with Gasteiger partial charge in [0.25, 0.3) is 0 Å². The van der Waals surface area contributed by atoms with Crippen LogP contribution >= 0.6 is 0 Å². The second-order valence-corrected chi connectivity index (χ2v) is 5.27. The van der Waals surface area contributed by atoms with E-state index in [0.29, 0.717) is 17.7 Å². The molecule has 7 nitrogen and oxygen atoms in total. The van der Waals surface area contributed by atoms with Crippen molar-refractivity contribution in [2.75, 3.05) is 6.54 Å². The van der Waals surface area contributed by atoms with Crippen molar-refractivity contribution in [1.82, 2.24) is 5.32 Å². The average molecular weight is 286 g/mol. The number of β-amino-alcohol motifs (C(OH)–C–C–N with tert-alkyl or cyclic N) is 1. The molecule has 114 valence electrons. The van der Waals surface area contributed by atoms with Crippen LogP contribution in [0.5, 0.6) is 5.75 Å². The largest absolute Gasteiger partial charge is 0.508 e. The summed E-state index contributed by atoms with van der Waals surface area (Å²) in [5.41, 5.74) is 1.05. The third kappa shape index (κ3) is 7.03. The smallest absolute Gasteiger partial charge is 0.152 e. The van der Waals surface area contributed by atoms with Gasteiger partial charge in [-0.15, -0.1) is 4.91 Å². The van der Waals surface area contributed by atoms with Gasteiger partial charge >= 0.3 is 0 Å². The summed E-state index contributed by atoms with van der Waals surface area (Å²) in [5, 5.41) is 39.5. The topological polar surface area (TPSA) is 122 Å². The van der Waals surface area contributed by atoms with Crippen molar-refractivity contribution in [2.45, 2.75) is 39.0 Å². The van der Waals surface area contributed by atoms with Gasteiger partial charge in [-0.2, -0.15) is 0 Å². The maximum atomic E-state index is 9.97. The first-order valence-electron chi connectivity index (χ1n) is 6.07. The Morgan fingerprint density at radius 2 is 1.90 bits per heavy atom. The molecular weight excluding hydrogens is 264 g/mol. The monoisotopic (exact) mass is 286 g/mol. The van der Waals surface area contributed by atoms with Gasteiger partial charge in [-0.3, -0.25) is 0 Å². The Morgan fingerprint density at radius 1 is 1.35 bits per heavy atom. The van der Waals surface area contributed by atoms with E-state index in [-0.39, 0.29) is 17.9 Å². The number of aliphatic hydroxyl groups is 2. The fraction of sp³-hybridized carbons (Fsp3) is 0.538. The quantitative estimate of drug-likeness (QED) is 0.422. The zero-order chi connectivity index (χ0) is 15.8. The molecule has 0 spiro atoms. The van der Waals surface area contributed by atoms with Crippen LogP contribution in [0.3, 0.4) is 0 Å². The van der Waals surface area contributed by atoms with E-state index in [1.54, 1.807) is 12.1 Å². The molecule has 0 aliphatic heterocycles. The van der Waals surface area contributed by atoms with Gasteiger partial charge < -0.3 is 25.8 Å². The first kappa shape index (κ1) is 18.3. The molecule has 7 heteroatoms. The number of benzene rings is 1. The number of rotatable bonds is 4. The van der Waals surface area contributed by atoms with Crippen LogP contribution < -0.4 is 5.32 Å². The Bertz CT molecular complexity index is 418. The lowest BCUT2D eigenvalue weighted by atomic mass is 10.0. The maximum absolute atomic E-state index is 9.97. The fourth-order valence-corrected chi connectivity index (χ4v) is 1.46. The van der Waals surface area contributed by atoms with Crippen LogP contribution in [0.2, 0.25) is 0 Å². The molecule has 1 aromatic carbocycles. The molecule has 0 radical (unpaired) electrons. The molecule has 0 bridgehead atoms. The molecule has 0 amide bonds. The van der Waals surface area contributed by atoms with Crippen LogP contribution in [0.25, 0.3) is 0 Å². The van der Waals surface area contributed by atoms with Crippen molar-refractivity contribution in [3.05, 3.63) is 34.2 Å². The summed E-state index contributed by atoms with van der Waals surface area (Å²) in [7, 11) is 0. The van der Waals surface area contributed by atoms with Gasteiger partial charge in [0.05, 0.1) is 12.7 Å². The van der Waals surface area contributed by atoms with Crippen molar-refractivity contribution in [3.63, 3.8) is 0 Å². The van der Waals surface area contributed by atoms with Gasteiger partial charge in [0, 0.05) is 17.6 Å². The summed E-state index contributed by atoms with van der Waals surface area (Å²) in [5.74, 6) is 0.0484. The number of aromatic hydroxyl groups is 1. The molecular formula is C13H22N2O5. The molecule has 1 rings (SSSR count). The van der Waals surface area contributed by atoms with Crippen LogP contribution in [0.1, 0.15) is 38.0 Å². The summed E-state index contributed by atoms with van der Waals surface area (Å²) < 4.78 is 0. The standard InChI is InChI=1S/C13H21NO3.HNO2/c1-13(2,3)14-7-12(17)9-4-5-11(16)10(6-9)8-15;2-1-3/h4-6,12,14-17H,7-8H2,1-3H3;(H,2,3)/t12-;/m0./s1. The molecule has 0 aliphatic rings. The SMILES string of the molecule is CC(C)(C)NC[C@H](O)c1ccc(O)c(CO)c1.O=NO. The summed E-state index contributed by atoms with van der Waals surface area (Å²) in [4.78, 5) is 8.11. The maximum Gasteiger partial charge on any atom is 0.152 e. The fourth-order valence-electron chi connectivity index (χ4n) is 1.46. The Hall–Kier alpha value is -1.70. The van der Waals surface area contributed by atoms with Crippen LogP contribution in [0.4, 0.5) is 0 Å². The molecule has 0 heterocycles. The lowest BCUT2D eigenvalue weighted by molar-refractivity contribution is 0.163. The van der Waals surface area contributed by atoms with Gasteiger partial charge in [0.15, 0.2) is 5.34 Å². The minimum Gasteiger partial charge on any atom is -0.508 e. The van der Waals surface area contributed by atoms with Gasteiger partial charge in [-0.05, 0) is 38.5 Å². The van der Waals surface area contributed by atoms with Crippen LogP contribution in [-0.2, 0) is 6.61 Å². The van der Waals surface area contributed by atoms with Gasteiger partial charge in [-0.1, -0.05) is 6.07 Å². The molecule has 0 aromatic heterocycles. The predicted molar refractivity (Wildman–Crippen MR) is 74.3 cm³/mol. The highest BCUT2D eigenvalue weighted by Gasteiger charge is 2.14. The number of hydrogen-bond acceptors (Lipinski definition) is 6. The Labute approximate surface area is 117 Å². The number of aliphatic hydroxyl groups excluding tert-OH is 2. The van der Waals surface area contributed by atoms with E-state index in [1.807, 2.05) is 20.8 Å². The molecule has 0 saturated carbocycles. The van der Waals surface area contributed by atoms with Crippen molar-refractivity contribution in [3.8, 4) is 5.75 Å². The number of hydrogen-bond donors (Lipinski definition) is 5. The van der Waals surface area contributed by atoms with E-state index >= 15 is 0 Å². The van der Waals surface area contributed by atoms with Gasteiger partial charge in [0.2, 0.25) is 0 Å². The minimum atomic E-state index is -0.653. The zero-order valence-electron chi connectivity index (χ0n) is 11.9. The molecule has 0 saturated heterocycles. The van der Waals surface area contributed by atoms with Crippen molar-refractivity contribution in [1.29, 1.82) is 0 Å². The lowest BCUT2D eigenvalue weighted by Crippen LogP contribution is -2.38. The number of phenols is 1. The van der Waals surface area contributed by atoms with Gasteiger partial charge in [0.1, 0.15) is 5.75 Å².